The predicted molar refractivity (Wildman–Crippen MR) is 68.4 cm³/mol. The monoisotopic (exact) mass is 328 g/mol. The second-order valence-corrected chi connectivity index (χ2v) is 5.97. The van der Waals surface area contributed by atoms with Crippen molar-refractivity contribution in [2.24, 2.45) is 0 Å². The zero-order valence-electron chi connectivity index (χ0n) is 7.95. The van der Waals surface area contributed by atoms with Crippen LogP contribution in [0.5, 0.6) is 0 Å². The third kappa shape index (κ3) is 3.08. The second-order valence-electron chi connectivity index (χ2n) is 2.76. The molecular formula is C8H3Cl3N2O2S2. The molecule has 0 aliphatic carbocycles. The third-order valence-electron chi connectivity index (χ3n) is 1.67. The van der Waals surface area contributed by atoms with E-state index in [1.807, 2.05) is 0 Å². The number of hydrogen-bond donors (Lipinski definition) is 0. The Balaban J connectivity index is 1.99. The van der Waals surface area contributed by atoms with Crippen molar-refractivity contribution < 1.29 is 9.53 Å². The van der Waals surface area contributed by atoms with Gasteiger partial charge in [0.25, 0.3) is 0 Å². The lowest BCUT2D eigenvalue weighted by Crippen LogP contribution is -2.02. The molecule has 0 saturated carbocycles. The molecule has 0 spiro atoms. The number of thiazole rings is 1. The molecule has 0 fully saturated rings. The molecule has 0 saturated heterocycles. The van der Waals surface area contributed by atoms with Gasteiger partial charge in [0.15, 0.2) is 9.62 Å². The fourth-order valence-corrected chi connectivity index (χ4v) is 2.86. The Morgan fingerprint density at radius 3 is 2.71 bits per heavy atom. The first-order valence-corrected chi connectivity index (χ1v) is 6.88. The number of hydrogen-bond acceptors (Lipinski definition) is 6. The second kappa shape index (κ2) is 5.49. The number of esters is 1. The summed E-state index contributed by atoms with van der Waals surface area (Å²) in [5, 5.41) is 0.523. The van der Waals surface area contributed by atoms with Crippen molar-refractivity contribution in [2.45, 2.75) is 6.61 Å². The van der Waals surface area contributed by atoms with E-state index in [-0.39, 0.29) is 16.2 Å². The summed E-state index contributed by atoms with van der Waals surface area (Å²) in [5.74, 6) is -0.505. The largest absolute Gasteiger partial charge is 0.456 e. The molecular weight excluding hydrogens is 327 g/mol. The average Bonchev–Trinajstić information content (AvgIpc) is 2.86. The first-order chi connectivity index (χ1) is 8.08. The number of aromatic nitrogens is 2. The summed E-state index contributed by atoms with van der Waals surface area (Å²) in [6, 6.07) is 0. The minimum absolute atomic E-state index is 0.0254. The molecule has 4 nitrogen and oxygen atoms in total. The van der Waals surface area contributed by atoms with Crippen LogP contribution in [0.2, 0.25) is 14.6 Å². The van der Waals surface area contributed by atoms with Gasteiger partial charge in [0, 0.05) is 0 Å². The Bertz CT molecular complexity index is 555. The van der Waals surface area contributed by atoms with Gasteiger partial charge < -0.3 is 4.74 Å². The van der Waals surface area contributed by atoms with Gasteiger partial charge in [-0.1, -0.05) is 46.1 Å². The van der Waals surface area contributed by atoms with Gasteiger partial charge in [-0.25, -0.2) is 9.78 Å². The summed E-state index contributed by atoms with van der Waals surface area (Å²) in [5.41, 5.74) is 0. The van der Waals surface area contributed by atoms with E-state index in [2.05, 4.69) is 9.36 Å². The SMILES string of the molecule is O=C(OCc1snc(Cl)c1Cl)c1cnc(Cl)s1. The molecule has 17 heavy (non-hydrogen) atoms. The van der Waals surface area contributed by atoms with E-state index in [4.69, 9.17) is 39.5 Å². The van der Waals surface area contributed by atoms with Gasteiger partial charge in [-0.3, -0.25) is 0 Å². The standard InChI is InChI=1S/C8H3Cl3N2O2S2/c9-5-4(17-13-6(5)10)2-15-7(14)3-1-12-8(11)16-3/h1H,2H2. The Kier molecular flexibility index (Phi) is 4.22. The van der Waals surface area contributed by atoms with Crippen LogP contribution < -0.4 is 0 Å². The van der Waals surface area contributed by atoms with Gasteiger partial charge in [0.1, 0.15) is 11.5 Å². The van der Waals surface area contributed by atoms with Crippen molar-refractivity contribution in [3.8, 4) is 0 Å². The van der Waals surface area contributed by atoms with Gasteiger partial charge in [-0.05, 0) is 11.5 Å². The zero-order valence-corrected chi connectivity index (χ0v) is 11.8. The van der Waals surface area contributed by atoms with Crippen LogP contribution in [0.25, 0.3) is 0 Å². The van der Waals surface area contributed by atoms with Crippen LogP contribution in [0.4, 0.5) is 0 Å². The molecule has 2 heterocycles. The van der Waals surface area contributed by atoms with Crippen LogP contribution >= 0.6 is 57.7 Å². The van der Waals surface area contributed by atoms with E-state index < -0.39 is 5.97 Å². The number of nitrogens with zero attached hydrogens (tertiary/aromatic N) is 2. The highest BCUT2D eigenvalue weighted by molar-refractivity contribution is 7.17. The molecule has 0 aromatic carbocycles. The smallest absolute Gasteiger partial charge is 0.350 e. The Hall–Kier alpha value is -0.400. The highest BCUT2D eigenvalue weighted by Gasteiger charge is 2.15. The summed E-state index contributed by atoms with van der Waals surface area (Å²) in [6.07, 6.45) is 1.36. The zero-order chi connectivity index (χ0) is 12.4. The number of carbonyl (C=O) groups excluding carboxylic acids is 1. The van der Waals surface area contributed by atoms with E-state index in [1.165, 1.54) is 6.20 Å². The fourth-order valence-electron chi connectivity index (χ4n) is 0.929. The molecule has 0 radical (unpaired) electrons. The van der Waals surface area contributed by atoms with Crippen molar-refractivity contribution in [1.82, 2.24) is 9.36 Å². The Labute approximate surface area is 119 Å². The number of carbonyl (C=O) groups is 1. The van der Waals surface area contributed by atoms with Crippen molar-refractivity contribution >= 4 is 63.6 Å². The van der Waals surface area contributed by atoms with Gasteiger partial charge in [0.2, 0.25) is 0 Å². The molecule has 2 aromatic heterocycles. The molecule has 0 N–H and O–H groups in total. The molecule has 9 heteroatoms. The third-order valence-corrected chi connectivity index (χ3v) is 4.58. The maximum absolute atomic E-state index is 11.5. The van der Waals surface area contributed by atoms with Gasteiger partial charge in [0.05, 0.1) is 16.1 Å². The molecule has 90 valence electrons. The maximum atomic E-state index is 11.5. The van der Waals surface area contributed by atoms with E-state index in [0.717, 1.165) is 22.9 Å². The van der Waals surface area contributed by atoms with E-state index in [0.29, 0.717) is 14.8 Å². The normalized spacial score (nSPS) is 10.5. The lowest BCUT2D eigenvalue weighted by atomic mass is 10.5. The van der Waals surface area contributed by atoms with E-state index >= 15 is 0 Å². The van der Waals surface area contributed by atoms with Crippen molar-refractivity contribution in [3.05, 3.63) is 30.6 Å². The highest BCUT2D eigenvalue weighted by Crippen LogP contribution is 2.29. The average molecular weight is 330 g/mol. The molecule has 0 unspecified atom stereocenters. The topological polar surface area (TPSA) is 52.1 Å². The van der Waals surface area contributed by atoms with Gasteiger partial charge >= 0.3 is 5.97 Å². The molecule has 0 aliphatic rings. The van der Waals surface area contributed by atoms with Crippen LogP contribution in [0.1, 0.15) is 14.5 Å². The van der Waals surface area contributed by atoms with Gasteiger partial charge in [-0.2, -0.15) is 4.37 Å². The van der Waals surface area contributed by atoms with Gasteiger partial charge in [-0.15, -0.1) is 0 Å². The Morgan fingerprint density at radius 2 is 2.18 bits per heavy atom. The summed E-state index contributed by atoms with van der Waals surface area (Å²) < 4.78 is 9.13. The van der Waals surface area contributed by atoms with Crippen LogP contribution in [-0.4, -0.2) is 15.3 Å². The van der Waals surface area contributed by atoms with Crippen LogP contribution in [-0.2, 0) is 11.3 Å². The lowest BCUT2D eigenvalue weighted by molar-refractivity contribution is 0.0482. The molecule has 0 atom stereocenters. The van der Waals surface area contributed by atoms with E-state index in [1.54, 1.807) is 0 Å². The lowest BCUT2D eigenvalue weighted by Gasteiger charge is -2.00. The number of ether oxygens (including phenoxy) is 1. The van der Waals surface area contributed by atoms with E-state index in [9.17, 15) is 4.79 Å². The first kappa shape index (κ1) is 13.0. The summed E-state index contributed by atoms with van der Waals surface area (Å²) in [6.45, 7) is 0.0254. The number of rotatable bonds is 3. The summed E-state index contributed by atoms with van der Waals surface area (Å²) in [7, 11) is 0. The maximum Gasteiger partial charge on any atom is 0.350 e. The first-order valence-electron chi connectivity index (χ1n) is 4.16. The van der Waals surface area contributed by atoms with Crippen molar-refractivity contribution in [3.63, 3.8) is 0 Å². The molecule has 2 rings (SSSR count). The van der Waals surface area contributed by atoms with Crippen molar-refractivity contribution in [1.29, 1.82) is 0 Å². The molecule has 2 aromatic rings. The minimum atomic E-state index is -0.505. The molecule has 0 amide bonds. The van der Waals surface area contributed by atoms with Crippen LogP contribution in [0, 0.1) is 0 Å². The van der Waals surface area contributed by atoms with Crippen LogP contribution in [0.15, 0.2) is 6.20 Å². The fraction of sp³-hybridized carbons (Fsp3) is 0.125. The number of halogens is 3. The Morgan fingerprint density at radius 1 is 1.41 bits per heavy atom. The summed E-state index contributed by atoms with van der Waals surface area (Å²) >= 11 is 19.2. The minimum Gasteiger partial charge on any atom is -0.456 e. The van der Waals surface area contributed by atoms with Crippen molar-refractivity contribution in [2.75, 3.05) is 0 Å². The van der Waals surface area contributed by atoms with Crippen LogP contribution in [0.3, 0.4) is 0 Å². The quantitative estimate of drug-likeness (QED) is 0.801. The summed E-state index contributed by atoms with van der Waals surface area (Å²) in [4.78, 5) is 16.2. The molecule has 0 aliphatic heterocycles. The predicted octanol–water partition coefficient (Wildman–Crippen LogP) is 3.92. The molecule has 0 bridgehead atoms. The highest BCUT2D eigenvalue weighted by atomic mass is 35.5.